The fraction of sp³-hybridized carbons (Fsp3) is 0.0909. The number of benzene rings is 3. The highest BCUT2D eigenvalue weighted by atomic mass is 35.5. The lowest BCUT2D eigenvalue weighted by Crippen LogP contribution is -2.26. The van der Waals surface area contributed by atoms with Crippen LogP contribution in [0.25, 0.3) is 0 Å². The number of hydrogen-bond acceptors (Lipinski definition) is 4. The summed E-state index contributed by atoms with van der Waals surface area (Å²) in [6.07, 6.45) is 0. The number of para-hydroxylation sites is 1. The molecule has 1 atom stereocenters. The second-order valence-electron chi connectivity index (χ2n) is 6.57. The summed E-state index contributed by atoms with van der Waals surface area (Å²) in [5, 5.41) is 6.51. The zero-order valence-electron chi connectivity index (χ0n) is 16.0. The molecule has 10 heteroatoms. The van der Waals surface area contributed by atoms with Crippen molar-refractivity contribution < 1.29 is 18.3 Å². The van der Waals surface area contributed by atoms with E-state index < -0.39 is 17.9 Å². The summed E-state index contributed by atoms with van der Waals surface area (Å²) in [7, 11) is 0. The van der Waals surface area contributed by atoms with Crippen molar-refractivity contribution in [2.24, 2.45) is 5.10 Å². The van der Waals surface area contributed by atoms with Gasteiger partial charge in [0.25, 0.3) is 5.91 Å². The topological polar surface area (TPSA) is 41.9 Å². The minimum atomic E-state index is -3.02. The Balaban J connectivity index is 1.78. The molecule has 3 aromatic carbocycles. The summed E-state index contributed by atoms with van der Waals surface area (Å²) in [5.41, 5.74) is 1.26. The molecule has 0 saturated heterocycles. The molecule has 3 aromatic rings. The first-order valence-corrected chi connectivity index (χ1v) is 11.2. The third-order valence-corrected chi connectivity index (χ3v) is 6.52. The van der Waals surface area contributed by atoms with Gasteiger partial charge in [-0.15, -0.1) is 0 Å². The Morgan fingerprint density at radius 3 is 2.38 bits per heavy atom. The van der Waals surface area contributed by atoms with E-state index in [2.05, 4.69) is 5.10 Å². The van der Waals surface area contributed by atoms with Crippen molar-refractivity contribution in [3.8, 4) is 5.75 Å². The molecular formula is C22H13Cl3F2N2O2S. The molecule has 32 heavy (non-hydrogen) atoms. The van der Waals surface area contributed by atoms with Crippen LogP contribution in [0.2, 0.25) is 15.1 Å². The van der Waals surface area contributed by atoms with E-state index in [4.69, 9.17) is 39.5 Å². The summed E-state index contributed by atoms with van der Waals surface area (Å²) in [5.74, 6) is -0.562. The van der Waals surface area contributed by atoms with Crippen molar-refractivity contribution in [3.05, 3.63) is 98.5 Å². The highest BCUT2D eigenvalue weighted by molar-refractivity contribution is 8.14. The molecule has 0 bridgehead atoms. The van der Waals surface area contributed by atoms with Gasteiger partial charge in [0, 0.05) is 21.2 Å². The molecular weight excluding hydrogens is 501 g/mol. The number of carbonyl (C=O) groups excluding carboxylic acids is 1. The summed E-state index contributed by atoms with van der Waals surface area (Å²) in [6.45, 7) is -3.02. The van der Waals surface area contributed by atoms with Gasteiger partial charge in [0.1, 0.15) is 16.2 Å². The average molecular weight is 514 g/mol. The van der Waals surface area contributed by atoms with E-state index in [1.165, 1.54) is 41.0 Å². The first-order valence-electron chi connectivity index (χ1n) is 9.17. The molecule has 1 amide bonds. The second-order valence-corrected chi connectivity index (χ2v) is 8.92. The van der Waals surface area contributed by atoms with Crippen molar-refractivity contribution in [2.75, 3.05) is 0 Å². The SMILES string of the molecule is O=C(c1ccc(Cl)cc1Cl)N1N=C(c2ccc(Cl)cc2)SC1c1ccccc1OC(F)F. The van der Waals surface area contributed by atoms with E-state index >= 15 is 0 Å². The van der Waals surface area contributed by atoms with E-state index in [-0.39, 0.29) is 16.3 Å². The molecule has 4 nitrogen and oxygen atoms in total. The van der Waals surface area contributed by atoms with Gasteiger partial charge in [-0.25, -0.2) is 5.01 Å². The summed E-state index contributed by atoms with van der Waals surface area (Å²) in [6, 6.07) is 17.7. The van der Waals surface area contributed by atoms with Gasteiger partial charge in [-0.05, 0) is 36.4 Å². The average Bonchev–Trinajstić information content (AvgIpc) is 3.19. The molecule has 0 aliphatic carbocycles. The Kier molecular flexibility index (Phi) is 6.90. The molecule has 1 unspecified atom stereocenters. The minimum Gasteiger partial charge on any atom is -0.434 e. The predicted octanol–water partition coefficient (Wildman–Crippen LogP) is 7.50. The minimum absolute atomic E-state index is 0.0486. The highest BCUT2D eigenvalue weighted by Crippen LogP contribution is 2.45. The van der Waals surface area contributed by atoms with Crippen molar-refractivity contribution in [3.63, 3.8) is 0 Å². The van der Waals surface area contributed by atoms with Crippen LogP contribution in [0.4, 0.5) is 8.78 Å². The number of carbonyl (C=O) groups is 1. The molecule has 0 N–H and O–H groups in total. The summed E-state index contributed by atoms with van der Waals surface area (Å²) in [4.78, 5) is 13.4. The van der Waals surface area contributed by atoms with Gasteiger partial charge in [0.2, 0.25) is 0 Å². The second kappa shape index (κ2) is 9.67. The summed E-state index contributed by atoms with van der Waals surface area (Å²) >= 11 is 19.4. The normalized spacial score (nSPS) is 15.8. The predicted molar refractivity (Wildman–Crippen MR) is 124 cm³/mol. The van der Waals surface area contributed by atoms with Gasteiger partial charge in [-0.1, -0.05) is 76.9 Å². The van der Waals surface area contributed by atoms with Crippen LogP contribution in [0.3, 0.4) is 0 Å². The van der Waals surface area contributed by atoms with E-state index in [0.717, 1.165) is 0 Å². The smallest absolute Gasteiger partial charge is 0.387 e. The monoisotopic (exact) mass is 512 g/mol. The van der Waals surface area contributed by atoms with Gasteiger partial charge in [0.05, 0.1) is 10.6 Å². The van der Waals surface area contributed by atoms with E-state index in [9.17, 15) is 13.6 Å². The number of alkyl halides is 2. The van der Waals surface area contributed by atoms with Crippen LogP contribution in [0, 0.1) is 0 Å². The lowest BCUT2D eigenvalue weighted by molar-refractivity contribution is -0.0507. The standard InChI is InChI=1S/C22H13Cl3F2N2O2S/c23-13-7-5-12(6-8-13)19-28-29(20(30)15-10-9-14(24)11-17(15)25)21(32-19)16-3-1-2-4-18(16)31-22(26)27/h1-11,21-22H. The molecule has 4 rings (SSSR count). The van der Waals surface area contributed by atoms with E-state index in [1.54, 1.807) is 42.5 Å². The maximum Gasteiger partial charge on any atom is 0.387 e. The van der Waals surface area contributed by atoms with Crippen LogP contribution in [-0.2, 0) is 0 Å². The number of thioether (sulfide) groups is 1. The highest BCUT2D eigenvalue weighted by Gasteiger charge is 2.37. The fourth-order valence-electron chi connectivity index (χ4n) is 3.07. The molecule has 1 aliphatic rings. The molecule has 0 radical (unpaired) electrons. The number of hydrazone groups is 1. The Hall–Kier alpha value is -2.32. The fourth-order valence-corrected chi connectivity index (χ4v) is 4.87. The lowest BCUT2D eigenvalue weighted by atomic mass is 10.1. The molecule has 0 fully saturated rings. The molecule has 0 spiro atoms. The Morgan fingerprint density at radius 1 is 1.00 bits per heavy atom. The van der Waals surface area contributed by atoms with Gasteiger partial charge in [0.15, 0.2) is 0 Å². The largest absolute Gasteiger partial charge is 0.434 e. The van der Waals surface area contributed by atoms with Crippen LogP contribution in [-0.4, -0.2) is 22.6 Å². The van der Waals surface area contributed by atoms with Crippen LogP contribution in [0.5, 0.6) is 5.75 Å². The van der Waals surface area contributed by atoms with Gasteiger partial charge < -0.3 is 4.74 Å². The molecule has 0 saturated carbocycles. The molecule has 0 aromatic heterocycles. The zero-order valence-corrected chi connectivity index (χ0v) is 19.1. The van der Waals surface area contributed by atoms with Crippen LogP contribution < -0.4 is 4.74 Å². The summed E-state index contributed by atoms with van der Waals surface area (Å²) < 4.78 is 30.7. The molecule has 164 valence electrons. The van der Waals surface area contributed by atoms with Gasteiger partial charge >= 0.3 is 6.61 Å². The van der Waals surface area contributed by atoms with Crippen LogP contribution >= 0.6 is 46.6 Å². The molecule has 1 heterocycles. The first-order chi connectivity index (χ1) is 15.3. The van der Waals surface area contributed by atoms with Crippen LogP contribution in [0.1, 0.15) is 26.9 Å². The van der Waals surface area contributed by atoms with Crippen molar-refractivity contribution in [1.29, 1.82) is 0 Å². The zero-order chi connectivity index (χ0) is 22.8. The first kappa shape index (κ1) is 22.9. The van der Waals surface area contributed by atoms with Gasteiger partial charge in [-0.3, -0.25) is 4.79 Å². The lowest BCUT2D eigenvalue weighted by Gasteiger charge is -2.23. The quantitative estimate of drug-likeness (QED) is 0.355. The maximum atomic E-state index is 13.4. The third-order valence-electron chi connectivity index (χ3n) is 4.51. The maximum absolute atomic E-state index is 13.4. The molecule has 1 aliphatic heterocycles. The van der Waals surface area contributed by atoms with Crippen LogP contribution in [0.15, 0.2) is 71.8 Å². The number of nitrogens with zero attached hydrogens (tertiary/aromatic N) is 2. The number of hydrogen-bond donors (Lipinski definition) is 0. The number of ether oxygens (including phenoxy) is 1. The van der Waals surface area contributed by atoms with Crippen molar-refractivity contribution in [1.82, 2.24) is 5.01 Å². The Bertz CT molecular complexity index is 1190. The third kappa shape index (κ3) is 4.86. The van der Waals surface area contributed by atoms with Crippen molar-refractivity contribution >= 4 is 57.5 Å². The number of halogens is 5. The van der Waals surface area contributed by atoms with E-state index in [0.29, 0.717) is 26.2 Å². The van der Waals surface area contributed by atoms with Crippen molar-refractivity contribution in [2.45, 2.75) is 12.0 Å². The number of amides is 1. The Morgan fingerprint density at radius 2 is 1.69 bits per heavy atom. The van der Waals surface area contributed by atoms with E-state index in [1.807, 2.05) is 0 Å². The van der Waals surface area contributed by atoms with Gasteiger partial charge in [-0.2, -0.15) is 13.9 Å². The Labute approximate surface area is 201 Å². The number of rotatable bonds is 5.